The summed E-state index contributed by atoms with van der Waals surface area (Å²) in [7, 11) is 0. The Balaban J connectivity index is 1.30. The van der Waals surface area contributed by atoms with Crippen LogP contribution in [0.3, 0.4) is 0 Å². The minimum atomic E-state index is -1.26. The highest BCUT2D eigenvalue weighted by Crippen LogP contribution is 2.31. The summed E-state index contributed by atoms with van der Waals surface area (Å²) >= 11 is 0. The molecule has 1 aliphatic heterocycles. The fraction of sp³-hybridized carbons (Fsp3) is 0.125. The van der Waals surface area contributed by atoms with Crippen molar-refractivity contribution in [2.45, 2.75) is 12.5 Å². The number of urea groups is 1. The van der Waals surface area contributed by atoms with Crippen LogP contribution in [0.5, 0.6) is 0 Å². The normalized spacial score (nSPS) is 17.9. The van der Waals surface area contributed by atoms with Gasteiger partial charge in [-0.15, -0.1) is 0 Å². The molecular formula is C24H20N6O3. The second kappa shape index (κ2) is 7.86. The number of amides is 4. The first kappa shape index (κ1) is 20.4. The van der Waals surface area contributed by atoms with Crippen molar-refractivity contribution in [3.63, 3.8) is 0 Å². The van der Waals surface area contributed by atoms with Crippen LogP contribution in [0, 0.1) is 0 Å². The topological polar surface area (TPSA) is 109 Å². The van der Waals surface area contributed by atoms with E-state index in [0.717, 1.165) is 15.7 Å². The summed E-state index contributed by atoms with van der Waals surface area (Å²) in [6.45, 7) is 1.24. The third-order valence-corrected chi connectivity index (χ3v) is 5.67. The Bertz CT molecular complexity index is 1370. The highest BCUT2D eigenvalue weighted by Gasteiger charge is 2.49. The van der Waals surface area contributed by atoms with Crippen molar-refractivity contribution < 1.29 is 14.4 Å². The molecule has 4 amide bonds. The quantitative estimate of drug-likeness (QED) is 0.464. The fourth-order valence-corrected chi connectivity index (χ4v) is 3.88. The lowest BCUT2D eigenvalue weighted by molar-refractivity contribution is -0.133. The van der Waals surface area contributed by atoms with Crippen molar-refractivity contribution in [3.8, 4) is 5.82 Å². The molecule has 9 nitrogen and oxygen atoms in total. The molecule has 4 aromatic rings. The molecule has 0 unspecified atom stereocenters. The van der Waals surface area contributed by atoms with Crippen molar-refractivity contribution in [3.05, 3.63) is 84.8 Å². The highest BCUT2D eigenvalue weighted by molar-refractivity contribution is 6.10. The monoisotopic (exact) mass is 440 g/mol. The van der Waals surface area contributed by atoms with Crippen LogP contribution in [-0.2, 0) is 15.1 Å². The number of nitrogens with zero attached hydrogens (tertiary/aromatic N) is 4. The second-order valence-electron chi connectivity index (χ2n) is 7.91. The first-order valence-corrected chi connectivity index (χ1v) is 10.3. The Kier molecular flexibility index (Phi) is 4.86. The summed E-state index contributed by atoms with van der Waals surface area (Å²) in [5.74, 6) is -0.391. The molecule has 1 atom stereocenters. The van der Waals surface area contributed by atoms with Crippen molar-refractivity contribution in [2.24, 2.45) is 0 Å². The zero-order valence-corrected chi connectivity index (χ0v) is 17.7. The van der Waals surface area contributed by atoms with Crippen LogP contribution in [0.1, 0.15) is 12.5 Å². The zero-order chi connectivity index (χ0) is 23.0. The molecule has 3 heterocycles. The Labute approximate surface area is 189 Å². The van der Waals surface area contributed by atoms with Crippen LogP contribution < -0.4 is 10.6 Å². The van der Waals surface area contributed by atoms with Gasteiger partial charge in [-0.05, 0) is 47.5 Å². The van der Waals surface area contributed by atoms with E-state index in [4.69, 9.17) is 0 Å². The van der Waals surface area contributed by atoms with Crippen LogP contribution in [-0.4, -0.2) is 44.1 Å². The van der Waals surface area contributed by atoms with Gasteiger partial charge in [-0.25, -0.2) is 14.5 Å². The maximum absolute atomic E-state index is 13.2. The van der Waals surface area contributed by atoms with E-state index in [-0.39, 0.29) is 0 Å². The van der Waals surface area contributed by atoms with Gasteiger partial charge in [0.2, 0.25) is 5.91 Å². The molecule has 2 aromatic heterocycles. The Morgan fingerprint density at radius 3 is 2.61 bits per heavy atom. The van der Waals surface area contributed by atoms with Crippen LogP contribution in [0.2, 0.25) is 0 Å². The summed E-state index contributed by atoms with van der Waals surface area (Å²) in [4.78, 5) is 43.5. The number of hydrogen-bond donors (Lipinski definition) is 2. The second-order valence-corrected chi connectivity index (χ2v) is 7.91. The van der Waals surface area contributed by atoms with Gasteiger partial charge >= 0.3 is 6.03 Å². The van der Waals surface area contributed by atoms with Gasteiger partial charge in [-0.3, -0.25) is 14.5 Å². The maximum atomic E-state index is 13.2. The Morgan fingerprint density at radius 2 is 1.88 bits per heavy atom. The first-order valence-electron chi connectivity index (χ1n) is 10.3. The molecule has 1 saturated heterocycles. The van der Waals surface area contributed by atoms with E-state index in [9.17, 15) is 14.4 Å². The molecule has 0 bridgehead atoms. The standard InChI is InChI=1S/C24H20N6O3/c1-24(18-8-7-16-5-2-3-6-17(16)13-18)22(32)29(23(33)28-24)15-21(31)27-19-9-10-20(25-14-19)30-12-4-11-26-30/h2-14H,15H2,1H3,(H,27,31)(H,28,33)/t24-/m1/s1. The first-order chi connectivity index (χ1) is 15.9. The van der Waals surface area contributed by atoms with Crippen molar-refractivity contribution in [1.29, 1.82) is 0 Å². The number of aromatic nitrogens is 3. The average Bonchev–Trinajstić information content (AvgIpc) is 3.43. The van der Waals surface area contributed by atoms with Crippen LogP contribution in [0.4, 0.5) is 10.5 Å². The summed E-state index contributed by atoms with van der Waals surface area (Å²) in [6.07, 6.45) is 4.88. The van der Waals surface area contributed by atoms with E-state index >= 15 is 0 Å². The Morgan fingerprint density at radius 1 is 1.06 bits per heavy atom. The molecule has 2 aromatic carbocycles. The van der Waals surface area contributed by atoms with E-state index < -0.39 is 29.9 Å². The minimum absolute atomic E-state index is 0.408. The van der Waals surface area contributed by atoms with Gasteiger partial charge in [-0.2, -0.15) is 5.10 Å². The number of anilines is 1. The molecular weight excluding hydrogens is 420 g/mol. The largest absolute Gasteiger partial charge is 0.325 e. The van der Waals surface area contributed by atoms with Gasteiger partial charge in [0.1, 0.15) is 12.1 Å². The molecule has 0 spiro atoms. The number of carbonyl (C=O) groups is 3. The van der Waals surface area contributed by atoms with Gasteiger partial charge in [-0.1, -0.05) is 36.4 Å². The molecule has 2 N–H and O–H groups in total. The Hall–Kier alpha value is -4.53. The number of hydrogen-bond acceptors (Lipinski definition) is 5. The fourth-order valence-electron chi connectivity index (χ4n) is 3.88. The molecule has 0 aliphatic carbocycles. The molecule has 0 radical (unpaired) electrons. The molecule has 1 aliphatic rings. The number of benzene rings is 2. The third-order valence-electron chi connectivity index (χ3n) is 5.67. The molecule has 5 rings (SSSR count). The summed E-state index contributed by atoms with van der Waals surface area (Å²) < 4.78 is 1.59. The number of pyridine rings is 1. The van der Waals surface area contributed by atoms with Crippen molar-refractivity contribution in [1.82, 2.24) is 25.0 Å². The van der Waals surface area contributed by atoms with Gasteiger partial charge in [0.25, 0.3) is 5.91 Å². The molecule has 33 heavy (non-hydrogen) atoms. The number of nitrogens with one attached hydrogen (secondary N) is 2. The van der Waals surface area contributed by atoms with E-state index in [0.29, 0.717) is 17.1 Å². The van der Waals surface area contributed by atoms with Gasteiger partial charge in [0, 0.05) is 12.4 Å². The van der Waals surface area contributed by atoms with Crippen LogP contribution in [0.15, 0.2) is 79.3 Å². The molecule has 1 fully saturated rings. The summed E-state index contributed by atoms with van der Waals surface area (Å²) in [6, 6.07) is 17.9. The minimum Gasteiger partial charge on any atom is -0.323 e. The number of imide groups is 1. The zero-order valence-electron chi connectivity index (χ0n) is 17.7. The lowest BCUT2D eigenvalue weighted by Crippen LogP contribution is -2.42. The third kappa shape index (κ3) is 3.69. The highest BCUT2D eigenvalue weighted by atomic mass is 16.2. The molecule has 164 valence electrons. The summed E-state index contributed by atoms with van der Waals surface area (Å²) in [5, 5.41) is 11.5. The smallest absolute Gasteiger partial charge is 0.323 e. The van der Waals surface area contributed by atoms with Crippen LogP contribution in [0.25, 0.3) is 16.6 Å². The van der Waals surface area contributed by atoms with Gasteiger partial charge < -0.3 is 10.6 Å². The molecule has 9 heteroatoms. The van der Waals surface area contributed by atoms with Gasteiger partial charge in [0.05, 0.1) is 11.9 Å². The van der Waals surface area contributed by atoms with Gasteiger partial charge in [0.15, 0.2) is 5.82 Å². The summed E-state index contributed by atoms with van der Waals surface area (Å²) in [5.41, 5.74) is -0.157. The maximum Gasteiger partial charge on any atom is 0.325 e. The van der Waals surface area contributed by atoms with E-state index in [1.807, 2.05) is 42.5 Å². The van der Waals surface area contributed by atoms with E-state index in [1.165, 1.54) is 6.20 Å². The van der Waals surface area contributed by atoms with E-state index in [1.54, 1.807) is 42.2 Å². The van der Waals surface area contributed by atoms with Crippen molar-refractivity contribution in [2.75, 3.05) is 11.9 Å². The van der Waals surface area contributed by atoms with E-state index in [2.05, 4.69) is 20.7 Å². The average molecular weight is 440 g/mol. The number of carbonyl (C=O) groups excluding carboxylic acids is 3. The SMILES string of the molecule is C[C@]1(c2ccc3ccccc3c2)NC(=O)N(CC(=O)Nc2ccc(-n3cccn3)nc2)C1=O. The number of fused-ring (bicyclic) bond motifs is 1. The van der Waals surface area contributed by atoms with Crippen LogP contribution >= 0.6 is 0 Å². The predicted octanol–water partition coefficient (Wildman–Crippen LogP) is 2.83. The lowest BCUT2D eigenvalue weighted by atomic mass is 9.90. The molecule has 0 saturated carbocycles. The van der Waals surface area contributed by atoms with Crippen molar-refractivity contribution >= 4 is 34.3 Å². The lowest BCUT2D eigenvalue weighted by Gasteiger charge is -2.22. The predicted molar refractivity (Wildman–Crippen MR) is 122 cm³/mol. The number of rotatable bonds is 5.